The van der Waals surface area contributed by atoms with Crippen molar-refractivity contribution in [3.63, 3.8) is 0 Å². The van der Waals surface area contributed by atoms with Crippen molar-refractivity contribution in [1.29, 1.82) is 0 Å². The smallest absolute Gasteiger partial charge is 0.253 e. The van der Waals surface area contributed by atoms with Gasteiger partial charge in [0.2, 0.25) is 0 Å². The van der Waals surface area contributed by atoms with Gasteiger partial charge in [-0.1, -0.05) is 24.9 Å². The lowest BCUT2D eigenvalue weighted by Crippen LogP contribution is -2.13. The van der Waals surface area contributed by atoms with Gasteiger partial charge in [-0.3, -0.25) is 4.79 Å². The first-order valence-corrected chi connectivity index (χ1v) is 6.04. The predicted octanol–water partition coefficient (Wildman–Crippen LogP) is 3.23. The fourth-order valence-corrected chi connectivity index (χ4v) is 2.20. The summed E-state index contributed by atoms with van der Waals surface area (Å²) in [4.78, 5) is 14.6. The molecule has 90 valence electrons. The summed E-state index contributed by atoms with van der Waals surface area (Å²) in [7, 11) is 0. The van der Waals surface area contributed by atoms with Crippen LogP contribution in [-0.4, -0.2) is 10.1 Å². The Morgan fingerprint density at radius 3 is 2.88 bits per heavy atom. The minimum Gasteiger partial charge on any atom is -0.508 e. The lowest BCUT2D eigenvalue weighted by Gasteiger charge is -2.07. The second-order valence-corrected chi connectivity index (χ2v) is 4.46. The third-order valence-electron chi connectivity index (χ3n) is 2.81. The number of benzene rings is 1. The molecule has 0 saturated carbocycles. The zero-order chi connectivity index (χ0) is 12.4. The Labute approximate surface area is 104 Å². The Bertz CT molecular complexity index is 604. The number of aromatic nitrogens is 1. The average molecular weight is 252 g/mol. The molecule has 0 aliphatic heterocycles. The number of hydrogen-bond acceptors (Lipinski definition) is 2. The van der Waals surface area contributed by atoms with E-state index in [1.807, 2.05) is 0 Å². The Morgan fingerprint density at radius 2 is 2.18 bits per heavy atom. The number of fused-ring (bicyclic) bond motifs is 1. The lowest BCUT2D eigenvalue weighted by atomic mass is 10.1. The lowest BCUT2D eigenvalue weighted by molar-refractivity contribution is 0.476. The minimum absolute atomic E-state index is 0.137. The molecule has 0 amide bonds. The molecule has 1 aromatic carbocycles. The highest BCUT2D eigenvalue weighted by Gasteiger charge is 2.10. The first-order chi connectivity index (χ1) is 8.13. The van der Waals surface area contributed by atoms with Crippen molar-refractivity contribution >= 4 is 22.5 Å². The van der Waals surface area contributed by atoms with Crippen molar-refractivity contribution in [3.05, 3.63) is 39.1 Å². The number of H-pyrrole nitrogens is 1. The normalized spacial score (nSPS) is 10.9. The summed E-state index contributed by atoms with van der Waals surface area (Å²) < 4.78 is 0. The van der Waals surface area contributed by atoms with Gasteiger partial charge in [0, 0.05) is 10.9 Å². The Hall–Kier alpha value is -1.48. The quantitative estimate of drug-likeness (QED) is 0.880. The molecule has 0 spiro atoms. The fourth-order valence-electron chi connectivity index (χ4n) is 1.86. The second kappa shape index (κ2) is 4.80. The van der Waals surface area contributed by atoms with Gasteiger partial charge in [0.1, 0.15) is 5.75 Å². The summed E-state index contributed by atoms with van der Waals surface area (Å²) in [6, 6.07) is 4.75. The maximum absolute atomic E-state index is 11.8. The van der Waals surface area contributed by atoms with Crippen molar-refractivity contribution in [1.82, 2.24) is 4.98 Å². The Balaban J connectivity index is 2.65. The highest BCUT2D eigenvalue weighted by Crippen LogP contribution is 2.27. The van der Waals surface area contributed by atoms with E-state index in [1.54, 1.807) is 12.1 Å². The van der Waals surface area contributed by atoms with Crippen LogP contribution in [-0.2, 0) is 6.42 Å². The molecule has 1 aromatic heterocycles. The summed E-state index contributed by atoms with van der Waals surface area (Å²) in [5.41, 5.74) is 1.12. The van der Waals surface area contributed by atoms with Gasteiger partial charge in [0.05, 0.1) is 10.5 Å². The summed E-state index contributed by atoms with van der Waals surface area (Å²) in [5, 5.41) is 10.6. The van der Waals surface area contributed by atoms with Crippen LogP contribution in [0.15, 0.2) is 23.0 Å². The number of phenols is 1. The molecular weight excluding hydrogens is 238 g/mol. The zero-order valence-electron chi connectivity index (χ0n) is 9.59. The molecule has 0 unspecified atom stereocenters. The van der Waals surface area contributed by atoms with Crippen LogP contribution in [0.1, 0.15) is 25.3 Å². The van der Waals surface area contributed by atoms with Crippen molar-refractivity contribution < 1.29 is 5.11 Å². The van der Waals surface area contributed by atoms with Crippen molar-refractivity contribution in [2.45, 2.75) is 26.2 Å². The summed E-state index contributed by atoms with van der Waals surface area (Å²) >= 11 is 6.22. The summed E-state index contributed by atoms with van der Waals surface area (Å²) in [6.45, 7) is 2.06. The Kier molecular flexibility index (Phi) is 3.38. The molecule has 1 heterocycles. The molecule has 2 N–H and O–H groups in total. The van der Waals surface area contributed by atoms with Gasteiger partial charge in [0.25, 0.3) is 5.56 Å². The number of aromatic amines is 1. The van der Waals surface area contributed by atoms with Crippen molar-refractivity contribution in [3.8, 4) is 5.75 Å². The first-order valence-electron chi connectivity index (χ1n) is 5.67. The maximum atomic E-state index is 11.8. The van der Waals surface area contributed by atoms with E-state index in [1.165, 1.54) is 6.07 Å². The maximum Gasteiger partial charge on any atom is 0.253 e. The van der Waals surface area contributed by atoms with Gasteiger partial charge in [-0.15, -0.1) is 0 Å². The fraction of sp³-hybridized carbons (Fsp3) is 0.308. The summed E-state index contributed by atoms with van der Waals surface area (Å²) in [5.74, 6) is 0.146. The largest absolute Gasteiger partial charge is 0.508 e. The van der Waals surface area contributed by atoms with Crippen LogP contribution in [0.2, 0.25) is 5.02 Å². The van der Waals surface area contributed by atoms with Crippen molar-refractivity contribution in [2.24, 2.45) is 0 Å². The minimum atomic E-state index is -0.137. The molecule has 2 rings (SSSR count). The van der Waals surface area contributed by atoms with E-state index in [2.05, 4.69) is 11.9 Å². The number of pyridine rings is 1. The zero-order valence-corrected chi connectivity index (χ0v) is 10.3. The Morgan fingerprint density at radius 1 is 1.41 bits per heavy atom. The van der Waals surface area contributed by atoms with Gasteiger partial charge in [-0.2, -0.15) is 0 Å². The number of phenolic OH excluding ortho intramolecular Hbond substituents is 1. The third-order valence-corrected chi connectivity index (χ3v) is 3.24. The topological polar surface area (TPSA) is 53.1 Å². The van der Waals surface area contributed by atoms with Gasteiger partial charge >= 0.3 is 0 Å². The first kappa shape index (κ1) is 12.0. The van der Waals surface area contributed by atoms with Gasteiger partial charge in [-0.25, -0.2) is 0 Å². The molecule has 3 nitrogen and oxygen atoms in total. The molecule has 0 radical (unpaired) electrons. The van der Waals surface area contributed by atoms with E-state index < -0.39 is 0 Å². The van der Waals surface area contributed by atoms with Crippen LogP contribution in [0.5, 0.6) is 5.75 Å². The molecule has 0 aliphatic carbocycles. The molecular formula is C13H14ClNO2. The van der Waals surface area contributed by atoms with Crippen LogP contribution in [0.3, 0.4) is 0 Å². The number of halogens is 1. The van der Waals surface area contributed by atoms with E-state index in [9.17, 15) is 9.90 Å². The van der Waals surface area contributed by atoms with Gasteiger partial charge < -0.3 is 10.1 Å². The monoisotopic (exact) mass is 251 g/mol. The number of nitrogens with one attached hydrogen (secondary N) is 1. The van der Waals surface area contributed by atoms with Crippen LogP contribution >= 0.6 is 11.6 Å². The highest BCUT2D eigenvalue weighted by atomic mass is 35.5. The average Bonchev–Trinajstić information content (AvgIpc) is 2.30. The molecule has 0 atom stereocenters. The number of aromatic hydroxyl groups is 1. The van der Waals surface area contributed by atoms with E-state index in [0.29, 0.717) is 27.9 Å². The molecule has 17 heavy (non-hydrogen) atoms. The number of unbranched alkanes of at least 4 members (excludes halogenated alkanes) is 1. The molecule has 0 fully saturated rings. The molecule has 0 bridgehead atoms. The number of rotatable bonds is 3. The molecule has 0 saturated heterocycles. The second-order valence-electron chi connectivity index (χ2n) is 4.08. The van der Waals surface area contributed by atoms with Crippen LogP contribution in [0.25, 0.3) is 10.9 Å². The van der Waals surface area contributed by atoms with Gasteiger partial charge in [-0.05, 0) is 31.0 Å². The molecule has 2 aromatic rings. The van der Waals surface area contributed by atoms with Gasteiger partial charge in [0.15, 0.2) is 0 Å². The highest BCUT2D eigenvalue weighted by molar-refractivity contribution is 6.36. The predicted molar refractivity (Wildman–Crippen MR) is 69.9 cm³/mol. The van der Waals surface area contributed by atoms with E-state index in [0.717, 1.165) is 12.8 Å². The number of hydrogen-bond donors (Lipinski definition) is 2. The van der Waals surface area contributed by atoms with Crippen LogP contribution in [0, 0.1) is 0 Å². The summed E-state index contributed by atoms with van der Waals surface area (Å²) in [6.07, 6.45) is 2.59. The standard InChI is InChI=1S/C13H14ClNO2/c1-2-3-4-9-12(14)10-7-8(16)5-6-11(10)15-13(9)17/h5-7,16H,2-4H2,1H3,(H,15,17). The van der Waals surface area contributed by atoms with E-state index in [-0.39, 0.29) is 11.3 Å². The van der Waals surface area contributed by atoms with E-state index >= 15 is 0 Å². The van der Waals surface area contributed by atoms with Crippen LogP contribution in [0.4, 0.5) is 0 Å². The molecule has 0 aliphatic rings. The molecule has 4 heteroatoms. The SMILES string of the molecule is CCCCc1c(Cl)c2cc(O)ccc2[nH]c1=O. The van der Waals surface area contributed by atoms with Crippen molar-refractivity contribution in [2.75, 3.05) is 0 Å². The third kappa shape index (κ3) is 2.29. The van der Waals surface area contributed by atoms with E-state index in [4.69, 9.17) is 11.6 Å². The van der Waals surface area contributed by atoms with Crippen LogP contribution < -0.4 is 5.56 Å².